The Labute approximate surface area is 163 Å². The molecule has 0 fully saturated rings. The van der Waals surface area contributed by atoms with Gasteiger partial charge >= 0.3 is 5.97 Å². The Morgan fingerprint density at radius 2 is 1.61 bits per heavy atom. The SMILES string of the molecule is CC(C)CC(C(=O)OCc1ccc(C#N)cc1)N1C(=O)c2ccccc2C1=O. The minimum absolute atomic E-state index is 0.00229. The lowest BCUT2D eigenvalue weighted by atomic mass is 10.0. The molecule has 142 valence electrons. The third-order valence-electron chi connectivity index (χ3n) is 4.57. The van der Waals surface area contributed by atoms with Crippen molar-refractivity contribution in [3.8, 4) is 6.07 Å². The number of nitriles is 1. The summed E-state index contributed by atoms with van der Waals surface area (Å²) in [4.78, 5) is 39.3. The summed E-state index contributed by atoms with van der Waals surface area (Å²) in [6.45, 7) is 3.83. The molecule has 0 saturated heterocycles. The fourth-order valence-corrected chi connectivity index (χ4v) is 3.17. The Morgan fingerprint density at radius 3 is 2.11 bits per heavy atom. The molecule has 0 saturated carbocycles. The van der Waals surface area contributed by atoms with Crippen molar-refractivity contribution >= 4 is 17.8 Å². The average Bonchev–Trinajstić information content (AvgIpc) is 2.95. The van der Waals surface area contributed by atoms with Gasteiger partial charge in [-0.3, -0.25) is 14.5 Å². The molecule has 1 atom stereocenters. The number of nitrogens with zero attached hydrogens (tertiary/aromatic N) is 2. The third kappa shape index (κ3) is 3.79. The summed E-state index contributed by atoms with van der Waals surface area (Å²) >= 11 is 0. The molecule has 0 spiro atoms. The Balaban J connectivity index is 1.78. The van der Waals surface area contributed by atoms with Gasteiger partial charge in [-0.1, -0.05) is 38.1 Å². The fourth-order valence-electron chi connectivity index (χ4n) is 3.17. The molecule has 28 heavy (non-hydrogen) atoms. The smallest absolute Gasteiger partial charge is 0.329 e. The number of benzene rings is 2. The van der Waals surface area contributed by atoms with Gasteiger partial charge in [-0.05, 0) is 42.2 Å². The number of carbonyl (C=O) groups is 3. The first-order valence-electron chi connectivity index (χ1n) is 9.05. The lowest BCUT2D eigenvalue weighted by molar-refractivity contribution is -0.150. The molecule has 1 aliphatic rings. The third-order valence-corrected chi connectivity index (χ3v) is 4.57. The van der Waals surface area contributed by atoms with E-state index < -0.39 is 23.8 Å². The number of amides is 2. The van der Waals surface area contributed by atoms with Crippen molar-refractivity contribution in [2.75, 3.05) is 0 Å². The van der Waals surface area contributed by atoms with Gasteiger partial charge in [0.05, 0.1) is 22.8 Å². The highest BCUT2D eigenvalue weighted by molar-refractivity contribution is 6.22. The zero-order valence-electron chi connectivity index (χ0n) is 15.7. The van der Waals surface area contributed by atoms with Crippen LogP contribution in [0.15, 0.2) is 48.5 Å². The topological polar surface area (TPSA) is 87.5 Å². The molecular formula is C22H20N2O4. The van der Waals surface area contributed by atoms with Crippen molar-refractivity contribution in [2.45, 2.75) is 32.9 Å². The average molecular weight is 376 g/mol. The summed E-state index contributed by atoms with van der Waals surface area (Å²) < 4.78 is 5.40. The van der Waals surface area contributed by atoms with Crippen LogP contribution in [0.3, 0.4) is 0 Å². The molecule has 3 rings (SSSR count). The number of esters is 1. The van der Waals surface area contributed by atoms with Crippen LogP contribution < -0.4 is 0 Å². The molecule has 0 radical (unpaired) electrons. The van der Waals surface area contributed by atoms with E-state index in [1.54, 1.807) is 48.5 Å². The summed E-state index contributed by atoms with van der Waals surface area (Å²) in [5.41, 5.74) is 1.85. The van der Waals surface area contributed by atoms with Crippen molar-refractivity contribution in [2.24, 2.45) is 5.92 Å². The van der Waals surface area contributed by atoms with Crippen LogP contribution >= 0.6 is 0 Å². The van der Waals surface area contributed by atoms with Gasteiger partial charge < -0.3 is 4.74 Å². The minimum atomic E-state index is -0.981. The van der Waals surface area contributed by atoms with E-state index in [4.69, 9.17) is 10.00 Å². The fraction of sp³-hybridized carbons (Fsp3) is 0.273. The zero-order chi connectivity index (χ0) is 20.3. The van der Waals surface area contributed by atoms with Crippen LogP contribution in [0.2, 0.25) is 0 Å². The largest absolute Gasteiger partial charge is 0.459 e. The standard InChI is InChI=1S/C22H20N2O4/c1-14(2)11-19(22(27)28-13-16-9-7-15(12-23)8-10-16)24-20(25)17-5-3-4-6-18(17)21(24)26/h3-10,14,19H,11,13H2,1-2H3. The van der Waals surface area contributed by atoms with Crippen LogP contribution in [-0.4, -0.2) is 28.7 Å². The van der Waals surface area contributed by atoms with Gasteiger partial charge in [-0.15, -0.1) is 0 Å². The van der Waals surface area contributed by atoms with Crippen LogP contribution in [0.25, 0.3) is 0 Å². The normalized spacial score (nSPS) is 14.0. The molecule has 6 heteroatoms. The number of ether oxygens (including phenoxy) is 1. The predicted octanol–water partition coefficient (Wildman–Crippen LogP) is 3.31. The van der Waals surface area contributed by atoms with E-state index in [0.29, 0.717) is 23.1 Å². The Hall–Kier alpha value is -3.46. The maximum absolute atomic E-state index is 12.8. The molecule has 0 bridgehead atoms. The summed E-state index contributed by atoms with van der Waals surface area (Å²) in [6.07, 6.45) is 0.317. The first kappa shape index (κ1) is 19.3. The number of hydrogen-bond donors (Lipinski definition) is 0. The van der Waals surface area contributed by atoms with Crippen LogP contribution in [0, 0.1) is 17.2 Å². The Kier molecular flexibility index (Phi) is 5.55. The van der Waals surface area contributed by atoms with E-state index in [1.807, 2.05) is 19.9 Å². The van der Waals surface area contributed by atoms with Gasteiger partial charge in [0, 0.05) is 0 Å². The van der Waals surface area contributed by atoms with Crippen LogP contribution in [0.1, 0.15) is 52.1 Å². The second-order valence-electron chi connectivity index (χ2n) is 7.09. The van der Waals surface area contributed by atoms with E-state index in [1.165, 1.54) is 0 Å². The quantitative estimate of drug-likeness (QED) is 0.570. The van der Waals surface area contributed by atoms with Crippen molar-refractivity contribution in [3.05, 3.63) is 70.8 Å². The second kappa shape index (κ2) is 8.05. The van der Waals surface area contributed by atoms with Crippen LogP contribution in [0.4, 0.5) is 0 Å². The van der Waals surface area contributed by atoms with Crippen molar-refractivity contribution in [1.82, 2.24) is 4.90 Å². The summed E-state index contributed by atoms with van der Waals surface area (Å²) in [5.74, 6) is -1.48. The molecular weight excluding hydrogens is 356 g/mol. The van der Waals surface area contributed by atoms with Crippen molar-refractivity contribution < 1.29 is 19.1 Å². The Morgan fingerprint density at radius 1 is 1.04 bits per heavy atom. The van der Waals surface area contributed by atoms with E-state index in [0.717, 1.165) is 10.5 Å². The lowest BCUT2D eigenvalue weighted by Gasteiger charge is -2.26. The van der Waals surface area contributed by atoms with Crippen LogP contribution in [0.5, 0.6) is 0 Å². The highest BCUT2D eigenvalue weighted by Crippen LogP contribution is 2.27. The van der Waals surface area contributed by atoms with Gasteiger partial charge in [0.1, 0.15) is 12.6 Å². The van der Waals surface area contributed by atoms with E-state index >= 15 is 0 Å². The molecule has 2 aromatic carbocycles. The monoisotopic (exact) mass is 376 g/mol. The molecule has 2 aromatic rings. The number of imide groups is 1. The van der Waals surface area contributed by atoms with Gasteiger partial charge in [-0.2, -0.15) is 5.26 Å². The summed E-state index contributed by atoms with van der Waals surface area (Å²) in [5, 5.41) is 8.84. The van der Waals surface area contributed by atoms with E-state index in [2.05, 4.69) is 0 Å². The molecule has 1 heterocycles. The maximum Gasteiger partial charge on any atom is 0.329 e. The molecule has 0 aliphatic carbocycles. The first-order chi connectivity index (χ1) is 13.4. The van der Waals surface area contributed by atoms with Gasteiger partial charge in [0.15, 0.2) is 0 Å². The molecule has 1 aliphatic heterocycles. The summed E-state index contributed by atoms with van der Waals surface area (Å²) in [6, 6.07) is 14.3. The van der Waals surface area contributed by atoms with E-state index in [9.17, 15) is 14.4 Å². The highest BCUT2D eigenvalue weighted by Gasteiger charge is 2.43. The first-order valence-corrected chi connectivity index (χ1v) is 9.05. The predicted molar refractivity (Wildman–Crippen MR) is 101 cm³/mol. The number of carbonyl (C=O) groups excluding carboxylic acids is 3. The van der Waals surface area contributed by atoms with Crippen LogP contribution in [-0.2, 0) is 16.1 Å². The summed E-state index contributed by atoms with van der Waals surface area (Å²) in [7, 11) is 0. The number of fused-ring (bicyclic) bond motifs is 1. The second-order valence-corrected chi connectivity index (χ2v) is 7.09. The Bertz CT molecular complexity index is 922. The number of hydrogen-bond acceptors (Lipinski definition) is 5. The molecule has 0 aromatic heterocycles. The lowest BCUT2D eigenvalue weighted by Crippen LogP contribution is -2.46. The van der Waals surface area contributed by atoms with Crippen molar-refractivity contribution in [1.29, 1.82) is 5.26 Å². The molecule has 0 N–H and O–H groups in total. The highest BCUT2D eigenvalue weighted by atomic mass is 16.5. The molecule has 1 unspecified atom stereocenters. The number of rotatable bonds is 6. The van der Waals surface area contributed by atoms with Gasteiger partial charge in [0.2, 0.25) is 0 Å². The molecule has 6 nitrogen and oxygen atoms in total. The van der Waals surface area contributed by atoms with E-state index in [-0.39, 0.29) is 12.5 Å². The van der Waals surface area contributed by atoms with Crippen molar-refractivity contribution in [3.63, 3.8) is 0 Å². The molecule has 2 amide bonds. The van der Waals surface area contributed by atoms with Gasteiger partial charge in [0.25, 0.3) is 11.8 Å². The minimum Gasteiger partial charge on any atom is -0.459 e. The zero-order valence-corrected chi connectivity index (χ0v) is 15.7. The maximum atomic E-state index is 12.8. The van der Waals surface area contributed by atoms with Gasteiger partial charge in [-0.25, -0.2) is 4.79 Å².